The van der Waals surface area contributed by atoms with E-state index in [-0.39, 0.29) is 11.8 Å². The molecule has 1 atom stereocenters. The summed E-state index contributed by atoms with van der Waals surface area (Å²) in [5, 5.41) is 3.07. The Bertz CT molecular complexity index is 424. The molecular formula is C11H17N5O2. The molecule has 1 saturated heterocycles. The van der Waals surface area contributed by atoms with Gasteiger partial charge in [0.25, 0.3) is 5.91 Å². The van der Waals surface area contributed by atoms with Gasteiger partial charge in [-0.3, -0.25) is 4.79 Å². The van der Waals surface area contributed by atoms with E-state index in [2.05, 4.69) is 15.3 Å². The third-order valence-electron chi connectivity index (χ3n) is 2.78. The van der Waals surface area contributed by atoms with E-state index in [1.54, 1.807) is 6.20 Å². The Hall–Kier alpha value is -1.73. The topological polar surface area (TPSA) is 93.4 Å². The summed E-state index contributed by atoms with van der Waals surface area (Å²) in [7, 11) is 1.87. The van der Waals surface area contributed by atoms with E-state index in [1.807, 2.05) is 11.9 Å². The van der Waals surface area contributed by atoms with Gasteiger partial charge in [-0.05, 0) is 7.05 Å². The molecule has 0 bridgehead atoms. The zero-order valence-corrected chi connectivity index (χ0v) is 10.3. The van der Waals surface area contributed by atoms with Crippen molar-refractivity contribution in [3.63, 3.8) is 0 Å². The number of morpholine rings is 1. The van der Waals surface area contributed by atoms with Crippen LogP contribution in [0.5, 0.6) is 0 Å². The Balaban J connectivity index is 2.18. The summed E-state index contributed by atoms with van der Waals surface area (Å²) in [6.45, 7) is 2.70. The number of nitrogens with two attached hydrogens (primary N) is 1. The number of hydrogen-bond acceptors (Lipinski definition) is 6. The maximum absolute atomic E-state index is 11.3. The number of ether oxygens (including phenoxy) is 1. The quantitative estimate of drug-likeness (QED) is 0.713. The molecule has 7 nitrogen and oxygen atoms in total. The fraction of sp³-hybridized carbons (Fsp3) is 0.545. The van der Waals surface area contributed by atoms with Gasteiger partial charge in [0.15, 0.2) is 11.5 Å². The standard InChI is InChI=1S/C11H17N5O2/c1-13-6-8-7-16(4-5-18-8)11-9(10(12)17)14-2-3-15-11/h2-3,8,13H,4-7H2,1H3,(H2,12,17). The number of aromatic nitrogens is 2. The summed E-state index contributed by atoms with van der Waals surface area (Å²) in [5.41, 5.74) is 5.51. The van der Waals surface area contributed by atoms with E-state index in [1.165, 1.54) is 6.20 Å². The van der Waals surface area contributed by atoms with Crippen LogP contribution in [0.1, 0.15) is 10.5 Å². The summed E-state index contributed by atoms with van der Waals surface area (Å²) >= 11 is 0. The summed E-state index contributed by atoms with van der Waals surface area (Å²) < 4.78 is 5.60. The number of amides is 1. The van der Waals surface area contributed by atoms with Crippen molar-refractivity contribution in [1.82, 2.24) is 15.3 Å². The van der Waals surface area contributed by atoms with Crippen molar-refractivity contribution in [2.24, 2.45) is 5.73 Å². The molecule has 98 valence electrons. The van der Waals surface area contributed by atoms with Crippen LogP contribution in [0.4, 0.5) is 5.82 Å². The Morgan fingerprint density at radius 2 is 2.39 bits per heavy atom. The SMILES string of the molecule is CNCC1CN(c2nccnc2C(N)=O)CCO1. The number of carbonyl (C=O) groups excluding carboxylic acids is 1. The first-order valence-corrected chi connectivity index (χ1v) is 5.84. The summed E-state index contributed by atoms with van der Waals surface area (Å²) in [5.74, 6) is -0.0239. The third kappa shape index (κ3) is 2.74. The lowest BCUT2D eigenvalue weighted by Gasteiger charge is -2.34. The Morgan fingerprint density at radius 3 is 3.11 bits per heavy atom. The van der Waals surface area contributed by atoms with Gasteiger partial charge in [-0.2, -0.15) is 0 Å². The molecule has 18 heavy (non-hydrogen) atoms. The largest absolute Gasteiger partial charge is 0.373 e. The maximum atomic E-state index is 11.3. The van der Waals surface area contributed by atoms with Crippen molar-refractivity contribution < 1.29 is 9.53 Å². The molecule has 7 heteroatoms. The second kappa shape index (κ2) is 5.74. The van der Waals surface area contributed by atoms with Gasteiger partial charge in [0, 0.05) is 32.0 Å². The Labute approximate surface area is 105 Å². The van der Waals surface area contributed by atoms with Crippen LogP contribution in [0.15, 0.2) is 12.4 Å². The van der Waals surface area contributed by atoms with E-state index in [0.717, 1.165) is 6.54 Å². The number of carbonyl (C=O) groups is 1. The van der Waals surface area contributed by atoms with E-state index in [0.29, 0.717) is 25.5 Å². The van der Waals surface area contributed by atoms with Crippen molar-refractivity contribution in [3.05, 3.63) is 18.1 Å². The van der Waals surface area contributed by atoms with Crippen LogP contribution >= 0.6 is 0 Å². The van der Waals surface area contributed by atoms with E-state index in [9.17, 15) is 4.79 Å². The molecule has 2 rings (SSSR count). The first-order chi connectivity index (χ1) is 8.72. The number of rotatable bonds is 4. The van der Waals surface area contributed by atoms with Gasteiger partial charge in [-0.25, -0.2) is 9.97 Å². The highest BCUT2D eigenvalue weighted by Crippen LogP contribution is 2.17. The van der Waals surface area contributed by atoms with Gasteiger partial charge in [0.1, 0.15) is 0 Å². The minimum Gasteiger partial charge on any atom is -0.373 e. The average Bonchev–Trinajstić information content (AvgIpc) is 2.39. The van der Waals surface area contributed by atoms with Crippen molar-refractivity contribution in [2.45, 2.75) is 6.10 Å². The highest BCUT2D eigenvalue weighted by Gasteiger charge is 2.24. The molecular weight excluding hydrogens is 234 g/mol. The number of nitrogens with one attached hydrogen (secondary N) is 1. The van der Waals surface area contributed by atoms with Crippen LogP contribution in [0.2, 0.25) is 0 Å². The number of anilines is 1. The molecule has 0 aliphatic carbocycles. The second-order valence-corrected chi connectivity index (χ2v) is 4.09. The van der Waals surface area contributed by atoms with E-state index in [4.69, 9.17) is 10.5 Å². The fourth-order valence-electron chi connectivity index (χ4n) is 2.00. The van der Waals surface area contributed by atoms with Crippen molar-refractivity contribution in [2.75, 3.05) is 38.2 Å². The van der Waals surface area contributed by atoms with Crippen molar-refractivity contribution in [3.8, 4) is 0 Å². The molecule has 2 heterocycles. The monoisotopic (exact) mass is 251 g/mol. The molecule has 1 aliphatic heterocycles. The maximum Gasteiger partial charge on any atom is 0.271 e. The predicted molar refractivity (Wildman–Crippen MR) is 66.4 cm³/mol. The van der Waals surface area contributed by atoms with E-state index < -0.39 is 5.91 Å². The van der Waals surface area contributed by atoms with Crippen LogP contribution in [0, 0.1) is 0 Å². The molecule has 0 aromatic carbocycles. The van der Waals surface area contributed by atoms with Gasteiger partial charge in [-0.1, -0.05) is 0 Å². The van der Waals surface area contributed by atoms with Crippen LogP contribution in [-0.4, -0.2) is 55.3 Å². The van der Waals surface area contributed by atoms with Crippen molar-refractivity contribution >= 4 is 11.7 Å². The second-order valence-electron chi connectivity index (χ2n) is 4.09. The molecule has 1 aliphatic rings. The number of hydrogen-bond donors (Lipinski definition) is 2. The van der Waals surface area contributed by atoms with Gasteiger partial charge < -0.3 is 20.7 Å². The highest BCUT2D eigenvalue weighted by molar-refractivity contribution is 5.95. The molecule has 1 aromatic rings. The fourth-order valence-corrected chi connectivity index (χ4v) is 2.00. The van der Waals surface area contributed by atoms with Crippen LogP contribution in [0.25, 0.3) is 0 Å². The predicted octanol–water partition coefficient (Wildman–Crippen LogP) is -1.000. The number of likely N-dealkylation sites (N-methyl/N-ethyl adjacent to an activating group) is 1. The van der Waals surface area contributed by atoms with Gasteiger partial charge in [0.05, 0.1) is 12.7 Å². The molecule has 0 spiro atoms. The van der Waals surface area contributed by atoms with Gasteiger partial charge >= 0.3 is 0 Å². The first-order valence-electron chi connectivity index (χ1n) is 5.84. The van der Waals surface area contributed by atoms with Crippen LogP contribution in [0.3, 0.4) is 0 Å². The van der Waals surface area contributed by atoms with Gasteiger partial charge in [-0.15, -0.1) is 0 Å². The molecule has 0 saturated carbocycles. The third-order valence-corrected chi connectivity index (χ3v) is 2.78. The highest BCUT2D eigenvalue weighted by atomic mass is 16.5. The smallest absolute Gasteiger partial charge is 0.271 e. The average molecular weight is 251 g/mol. The van der Waals surface area contributed by atoms with Crippen LogP contribution in [-0.2, 0) is 4.74 Å². The lowest BCUT2D eigenvalue weighted by molar-refractivity contribution is 0.0418. The van der Waals surface area contributed by atoms with E-state index >= 15 is 0 Å². The molecule has 1 amide bonds. The van der Waals surface area contributed by atoms with Crippen molar-refractivity contribution in [1.29, 1.82) is 0 Å². The molecule has 1 aromatic heterocycles. The molecule has 1 fully saturated rings. The van der Waals surface area contributed by atoms with Crippen LogP contribution < -0.4 is 16.0 Å². The minimum absolute atomic E-state index is 0.0754. The Morgan fingerprint density at radius 1 is 1.61 bits per heavy atom. The number of primary amides is 1. The summed E-state index contributed by atoms with van der Waals surface area (Å²) in [6, 6.07) is 0. The molecule has 0 radical (unpaired) electrons. The minimum atomic E-state index is -0.560. The Kier molecular flexibility index (Phi) is 4.06. The summed E-state index contributed by atoms with van der Waals surface area (Å²) in [4.78, 5) is 21.5. The van der Waals surface area contributed by atoms with Gasteiger partial charge in [0.2, 0.25) is 0 Å². The normalized spacial score (nSPS) is 19.8. The lowest BCUT2D eigenvalue weighted by Crippen LogP contribution is -2.47. The number of nitrogens with zero attached hydrogens (tertiary/aromatic N) is 3. The molecule has 1 unspecified atom stereocenters. The summed E-state index contributed by atoms with van der Waals surface area (Å²) in [6.07, 6.45) is 3.10. The molecule has 3 N–H and O–H groups in total. The lowest BCUT2D eigenvalue weighted by atomic mass is 10.2. The first kappa shape index (κ1) is 12.7. The zero-order valence-electron chi connectivity index (χ0n) is 10.3. The zero-order chi connectivity index (χ0) is 13.0.